The molecule has 33 heteroatoms. The van der Waals surface area contributed by atoms with Crippen molar-refractivity contribution in [3.63, 3.8) is 0 Å². The Morgan fingerprint density at radius 1 is 0.362 bits per heavy atom. The van der Waals surface area contributed by atoms with E-state index >= 15 is 0 Å². The van der Waals surface area contributed by atoms with Gasteiger partial charge < -0.3 is 123 Å². The highest BCUT2D eigenvalue weighted by atomic mass is 16.7. The zero-order chi connectivity index (χ0) is 69.6. The molecule has 0 saturated carbocycles. The molecule has 0 spiro atoms. The predicted octanol–water partition coefficient (Wildman–Crippen LogP) is -4.70. The van der Waals surface area contributed by atoms with Gasteiger partial charge in [0.25, 0.3) is 0 Å². The number of Topliss-reactive ketones (excluding diaryl/α,β-unsaturated/α-hetero) is 1. The van der Waals surface area contributed by atoms with E-state index in [2.05, 4.69) is 42.5 Å². The van der Waals surface area contributed by atoms with Gasteiger partial charge in [-0.1, -0.05) is 19.3 Å². The first-order valence-corrected chi connectivity index (χ1v) is 33.0. The van der Waals surface area contributed by atoms with Gasteiger partial charge in [0, 0.05) is 124 Å². The number of carbonyl (C=O) groups is 9. The van der Waals surface area contributed by atoms with Gasteiger partial charge in [-0.05, 0) is 77.0 Å². The van der Waals surface area contributed by atoms with E-state index in [9.17, 15) is 89.1 Å². The van der Waals surface area contributed by atoms with Crippen molar-refractivity contribution in [3.8, 4) is 0 Å². The van der Waals surface area contributed by atoms with Gasteiger partial charge in [0.15, 0.2) is 18.9 Å². The monoisotopic (exact) mass is 1350 g/mol. The quantitative estimate of drug-likeness (QED) is 0.0255. The molecule has 3 aliphatic rings. The van der Waals surface area contributed by atoms with Crippen LogP contribution in [0.4, 0.5) is 0 Å². The van der Waals surface area contributed by atoms with E-state index in [0.29, 0.717) is 90.1 Å². The number of rotatable bonds is 48. The number of aliphatic hydroxyl groups is 9. The van der Waals surface area contributed by atoms with E-state index in [1.165, 1.54) is 20.8 Å². The summed E-state index contributed by atoms with van der Waals surface area (Å²) in [6.45, 7) is 3.82. The molecule has 3 aliphatic heterocycles. The minimum Gasteiger partial charge on any atom is -0.394 e. The molecule has 0 aromatic carbocycles. The van der Waals surface area contributed by atoms with Gasteiger partial charge in [-0.15, -0.1) is 0 Å². The predicted molar refractivity (Wildman–Crippen MR) is 332 cm³/mol. The molecule has 94 heavy (non-hydrogen) atoms. The van der Waals surface area contributed by atoms with E-state index < -0.39 is 135 Å². The molecule has 3 rings (SSSR count). The van der Waals surface area contributed by atoms with Crippen LogP contribution in [-0.2, 0) is 71.6 Å². The summed E-state index contributed by atoms with van der Waals surface area (Å²) in [5.74, 6) is -2.74. The number of aliphatic hydroxyl groups excluding tert-OH is 9. The molecule has 0 radical (unpaired) electrons. The maximum atomic E-state index is 13.1. The smallest absolute Gasteiger partial charge is 0.220 e. The van der Waals surface area contributed by atoms with Gasteiger partial charge in [-0.3, -0.25) is 43.2 Å². The van der Waals surface area contributed by atoms with Crippen LogP contribution in [0.1, 0.15) is 162 Å². The van der Waals surface area contributed by atoms with E-state index in [4.69, 9.17) is 34.2 Å². The fourth-order valence-electron chi connectivity index (χ4n) is 10.8. The highest BCUT2D eigenvalue weighted by molar-refractivity contribution is 5.80. The molecular formula is C61H109N9O24. The zero-order valence-electron chi connectivity index (χ0n) is 54.7. The Bertz CT molecular complexity index is 2180. The van der Waals surface area contributed by atoms with Gasteiger partial charge in [0.1, 0.15) is 78.8 Å². The lowest BCUT2D eigenvalue weighted by molar-refractivity contribution is -0.270. The van der Waals surface area contributed by atoms with Crippen molar-refractivity contribution in [2.45, 2.75) is 259 Å². The first-order chi connectivity index (χ1) is 44.8. The highest BCUT2D eigenvalue weighted by Gasteiger charge is 2.48. The Hall–Kier alpha value is -5.21. The number of carbonyl (C=O) groups excluding carboxylic acids is 9. The SMILES string of the molecule is CC(=O)N[C@H]1[C@H](OCCCCCC(=O)NCCCNC(=O)CCC(N)(CCC(=O)CCCNC(=O)CCCCCO[C@@H]2O[C@H](CO)[C@H](O)[C@H](O)[C@H]2NC(C)=O)CCC(=O)NCCCNC(=O)CCCCCO[C@@H]2O[C@H](CO)[C@H](O)[C@H](O)[C@H]2NC(C)=O)O[C@H](CO)[C@H](O)[C@@H]1O. The van der Waals surface area contributed by atoms with Gasteiger partial charge in [0.05, 0.1) is 19.8 Å². The molecule has 542 valence electrons. The third-order valence-electron chi connectivity index (χ3n) is 16.3. The largest absolute Gasteiger partial charge is 0.394 e. The Kier molecular flexibility index (Phi) is 40.7. The van der Waals surface area contributed by atoms with E-state index in [-0.39, 0.29) is 139 Å². The van der Waals surface area contributed by atoms with Crippen LogP contribution < -0.4 is 48.3 Å². The molecule has 8 amide bonds. The molecule has 0 bridgehead atoms. The van der Waals surface area contributed by atoms with Crippen molar-refractivity contribution in [1.82, 2.24) is 42.5 Å². The first kappa shape index (κ1) is 83.0. The maximum absolute atomic E-state index is 13.1. The molecule has 3 heterocycles. The molecule has 0 aromatic heterocycles. The van der Waals surface area contributed by atoms with Crippen molar-refractivity contribution >= 4 is 53.0 Å². The van der Waals surface area contributed by atoms with Gasteiger partial charge in [-0.2, -0.15) is 0 Å². The van der Waals surface area contributed by atoms with Crippen LogP contribution in [-0.4, -0.2) is 269 Å². The summed E-state index contributed by atoms with van der Waals surface area (Å²) in [6, 6.07) is -3.16. The molecule has 3 fully saturated rings. The Labute approximate surface area is 549 Å². The van der Waals surface area contributed by atoms with Crippen molar-refractivity contribution < 1.29 is 118 Å². The Morgan fingerprint density at radius 2 is 0.638 bits per heavy atom. The summed E-state index contributed by atoms with van der Waals surface area (Å²) in [5, 5.41) is 112. The molecule has 3 saturated heterocycles. The van der Waals surface area contributed by atoms with Crippen LogP contribution in [0.5, 0.6) is 0 Å². The molecule has 19 N–H and O–H groups in total. The van der Waals surface area contributed by atoms with E-state index in [1.807, 2.05) is 0 Å². The van der Waals surface area contributed by atoms with Gasteiger partial charge >= 0.3 is 0 Å². The first-order valence-electron chi connectivity index (χ1n) is 33.0. The Balaban J connectivity index is 1.37. The molecule has 0 aromatic rings. The number of unbranched alkanes of at least 4 members (excludes halogenated alkanes) is 6. The van der Waals surface area contributed by atoms with Crippen LogP contribution in [0.3, 0.4) is 0 Å². The topological polar surface area (TPSA) is 513 Å². The lowest BCUT2D eigenvalue weighted by Crippen LogP contribution is -2.64. The van der Waals surface area contributed by atoms with Crippen LogP contribution in [0, 0.1) is 0 Å². The molecule has 15 atom stereocenters. The van der Waals surface area contributed by atoms with Gasteiger partial charge in [-0.25, -0.2) is 0 Å². The van der Waals surface area contributed by atoms with Crippen LogP contribution in [0.2, 0.25) is 0 Å². The minimum atomic E-state index is -1.43. The maximum Gasteiger partial charge on any atom is 0.220 e. The number of amides is 8. The number of nitrogens with one attached hydrogen (secondary N) is 8. The third-order valence-corrected chi connectivity index (χ3v) is 16.3. The van der Waals surface area contributed by atoms with Crippen molar-refractivity contribution in [3.05, 3.63) is 0 Å². The number of nitrogens with two attached hydrogens (primary N) is 1. The average Bonchev–Trinajstić information content (AvgIpc) is 0.840. The second-order valence-electron chi connectivity index (χ2n) is 24.3. The fraction of sp³-hybridized carbons (Fsp3) is 0.852. The summed E-state index contributed by atoms with van der Waals surface area (Å²) in [4.78, 5) is 112. The standard InChI is InChI=1S/C61H109N9O24/c1-37(74)68-49-55(86)52(83)41(34-71)92-58(49)89-31-10-4-7-17-44(78)63-26-13-16-40(77)20-23-61(62,24-21-47(81)66-29-14-27-64-45(79)18-8-5-11-32-90-59-50(69-38(2)75)56(87)53(84)42(35-72)93-59)25-22-48(82)67-30-15-28-65-46(80)19-9-6-12-33-91-60-51(70-39(3)76)57(88)54(85)43(36-73)94-60/h41-43,49-60,71-73,83-88H,4-36,62H2,1-3H3,(H,63,78)(H,64,79)(H,65,80)(H,66,81)(H,67,82)(H,68,74)(H,69,75)(H,70,76)/t41-,42-,43-,49-,50-,51-,52+,53+,54+,55-,56-,57-,58-,59-,60-/m1/s1. The summed E-state index contributed by atoms with van der Waals surface area (Å²) in [5.41, 5.74) is 5.79. The molecular weight excluding hydrogens is 1240 g/mol. The van der Waals surface area contributed by atoms with Gasteiger partial charge in [0.2, 0.25) is 47.3 Å². The number of ketones is 1. The average molecular weight is 1350 g/mol. The molecule has 33 nitrogen and oxygen atoms in total. The summed E-state index contributed by atoms with van der Waals surface area (Å²) < 4.78 is 33.8. The zero-order valence-corrected chi connectivity index (χ0v) is 54.7. The number of hydrogen-bond acceptors (Lipinski definition) is 25. The summed E-state index contributed by atoms with van der Waals surface area (Å²) in [6.07, 6.45) is -7.74. The lowest BCUT2D eigenvalue weighted by Gasteiger charge is -2.42. The summed E-state index contributed by atoms with van der Waals surface area (Å²) in [7, 11) is 0. The van der Waals surface area contributed by atoms with Crippen LogP contribution >= 0.6 is 0 Å². The Morgan fingerprint density at radius 3 is 0.926 bits per heavy atom. The number of ether oxygens (including phenoxy) is 6. The third kappa shape index (κ3) is 32.2. The van der Waals surface area contributed by atoms with Crippen molar-refractivity contribution in [1.29, 1.82) is 0 Å². The van der Waals surface area contributed by atoms with Crippen molar-refractivity contribution in [2.24, 2.45) is 5.73 Å². The van der Waals surface area contributed by atoms with E-state index in [0.717, 1.165) is 0 Å². The second kappa shape index (κ2) is 46.1. The minimum absolute atomic E-state index is 0.00715. The van der Waals surface area contributed by atoms with E-state index in [1.54, 1.807) is 0 Å². The molecule has 0 aliphatic carbocycles. The highest BCUT2D eigenvalue weighted by Crippen LogP contribution is 2.27. The van der Waals surface area contributed by atoms with Crippen LogP contribution in [0.15, 0.2) is 0 Å². The summed E-state index contributed by atoms with van der Waals surface area (Å²) >= 11 is 0. The normalized spacial score (nSPS) is 26.1. The second-order valence-corrected chi connectivity index (χ2v) is 24.3. The lowest BCUT2D eigenvalue weighted by atomic mass is 9.83. The number of hydrogen-bond donors (Lipinski definition) is 18. The van der Waals surface area contributed by atoms with Crippen molar-refractivity contribution in [2.75, 3.05) is 72.4 Å². The fourth-order valence-corrected chi connectivity index (χ4v) is 10.8. The molecule has 0 unspecified atom stereocenters. The van der Waals surface area contributed by atoms with Crippen LogP contribution in [0.25, 0.3) is 0 Å².